The van der Waals surface area contributed by atoms with Crippen molar-refractivity contribution in [2.75, 3.05) is 0 Å². The maximum atomic E-state index is 12.6. The van der Waals surface area contributed by atoms with Crippen molar-refractivity contribution < 1.29 is 14.3 Å². The van der Waals surface area contributed by atoms with Crippen LogP contribution in [-0.2, 0) is 9.53 Å². The molecule has 1 atom stereocenters. The number of nitrogens with zero attached hydrogens (tertiary/aromatic N) is 1. The van der Waals surface area contributed by atoms with Gasteiger partial charge in [-0.25, -0.2) is 4.79 Å². The molecule has 2 aromatic heterocycles. The largest absolute Gasteiger partial charge is 0.443 e. The molecular weight excluding hydrogens is 328 g/mol. The highest BCUT2D eigenvalue weighted by molar-refractivity contribution is 5.86. The van der Waals surface area contributed by atoms with Crippen LogP contribution in [0.25, 0.3) is 10.9 Å². The summed E-state index contributed by atoms with van der Waals surface area (Å²) in [5.74, 6) is -0.164. The van der Waals surface area contributed by atoms with Crippen LogP contribution in [0.2, 0.25) is 0 Å². The zero-order valence-electron chi connectivity index (χ0n) is 15.6. The Kier molecular flexibility index (Phi) is 4.72. The van der Waals surface area contributed by atoms with E-state index < -0.39 is 11.7 Å². The highest BCUT2D eigenvalue weighted by Crippen LogP contribution is 2.34. The van der Waals surface area contributed by atoms with Crippen LogP contribution >= 0.6 is 0 Å². The summed E-state index contributed by atoms with van der Waals surface area (Å²) in [6, 6.07) is 11.6. The molecule has 0 bridgehead atoms. The molecule has 136 valence electrons. The van der Waals surface area contributed by atoms with Gasteiger partial charge in [-0.1, -0.05) is 18.2 Å². The van der Waals surface area contributed by atoms with E-state index in [0.717, 1.165) is 22.2 Å². The summed E-state index contributed by atoms with van der Waals surface area (Å²) in [5, 5.41) is 1.05. The van der Waals surface area contributed by atoms with Gasteiger partial charge in [-0.05, 0) is 51.5 Å². The molecule has 0 unspecified atom stereocenters. The number of ether oxygens (including phenoxy) is 1. The highest BCUT2D eigenvalue weighted by atomic mass is 16.6. The van der Waals surface area contributed by atoms with Crippen molar-refractivity contribution in [1.29, 1.82) is 0 Å². The van der Waals surface area contributed by atoms with Gasteiger partial charge in [0, 0.05) is 41.3 Å². The number of Topliss-reactive ketones (excluding diaryl/α,β-unsaturated/α-hetero) is 1. The molecule has 5 nitrogen and oxygen atoms in total. The minimum Gasteiger partial charge on any atom is -0.443 e. The van der Waals surface area contributed by atoms with Gasteiger partial charge in [0.2, 0.25) is 0 Å². The van der Waals surface area contributed by atoms with E-state index in [1.807, 2.05) is 57.3 Å². The maximum absolute atomic E-state index is 12.6. The lowest BCUT2D eigenvalue weighted by atomic mass is 9.90. The zero-order valence-corrected chi connectivity index (χ0v) is 15.6. The fraction of sp³-hybridized carbons (Fsp3) is 0.333. The molecule has 0 aliphatic carbocycles. The third-order valence-corrected chi connectivity index (χ3v) is 4.22. The normalized spacial score (nSPS) is 12.9. The molecule has 0 fully saturated rings. The lowest BCUT2D eigenvalue weighted by Gasteiger charge is -2.22. The van der Waals surface area contributed by atoms with E-state index >= 15 is 0 Å². The van der Waals surface area contributed by atoms with Gasteiger partial charge in [-0.3, -0.25) is 9.36 Å². The number of carbonyl (C=O) groups is 2. The lowest BCUT2D eigenvalue weighted by molar-refractivity contribution is -0.117. The SMILES string of the molecule is CC(=O)C[C@H](c1c[nH]c2ccccc12)c1cccn1C(=O)OC(C)(C)C. The van der Waals surface area contributed by atoms with Gasteiger partial charge in [-0.2, -0.15) is 0 Å². The third kappa shape index (κ3) is 3.72. The molecule has 0 aliphatic heterocycles. The summed E-state index contributed by atoms with van der Waals surface area (Å²) >= 11 is 0. The smallest absolute Gasteiger partial charge is 0.418 e. The van der Waals surface area contributed by atoms with E-state index in [-0.39, 0.29) is 11.7 Å². The lowest BCUT2D eigenvalue weighted by Crippen LogP contribution is -2.28. The highest BCUT2D eigenvalue weighted by Gasteiger charge is 2.26. The van der Waals surface area contributed by atoms with Crippen molar-refractivity contribution >= 4 is 22.8 Å². The molecule has 1 aromatic carbocycles. The van der Waals surface area contributed by atoms with Crippen LogP contribution in [0, 0.1) is 0 Å². The summed E-state index contributed by atoms with van der Waals surface area (Å²) in [6.07, 6.45) is 3.48. The number of aromatic nitrogens is 2. The second kappa shape index (κ2) is 6.83. The van der Waals surface area contributed by atoms with Crippen molar-refractivity contribution in [3.63, 3.8) is 0 Å². The molecule has 0 aliphatic rings. The predicted molar refractivity (Wildman–Crippen MR) is 102 cm³/mol. The van der Waals surface area contributed by atoms with Crippen LogP contribution in [0.3, 0.4) is 0 Å². The quantitative estimate of drug-likeness (QED) is 0.729. The summed E-state index contributed by atoms with van der Waals surface area (Å²) < 4.78 is 7.01. The van der Waals surface area contributed by atoms with Crippen LogP contribution in [0.4, 0.5) is 4.79 Å². The maximum Gasteiger partial charge on any atom is 0.418 e. The van der Waals surface area contributed by atoms with E-state index in [4.69, 9.17) is 4.74 Å². The molecule has 5 heteroatoms. The predicted octanol–water partition coefficient (Wildman–Crippen LogP) is 4.86. The number of para-hydroxylation sites is 1. The first-order valence-electron chi connectivity index (χ1n) is 8.72. The number of carbonyl (C=O) groups excluding carboxylic acids is 2. The Morgan fingerprint density at radius 1 is 1.15 bits per heavy atom. The fourth-order valence-electron chi connectivity index (χ4n) is 3.20. The van der Waals surface area contributed by atoms with Gasteiger partial charge in [-0.15, -0.1) is 0 Å². The Labute approximate surface area is 153 Å². The number of hydrogen-bond donors (Lipinski definition) is 1. The summed E-state index contributed by atoms with van der Waals surface area (Å²) in [6.45, 7) is 7.07. The molecule has 3 aromatic rings. The van der Waals surface area contributed by atoms with Gasteiger partial charge in [0.1, 0.15) is 11.4 Å². The van der Waals surface area contributed by atoms with E-state index in [0.29, 0.717) is 6.42 Å². The summed E-state index contributed by atoms with van der Waals surface area (Å²) in [5.41, 5.74) is 2.17. The molecule has 2 heterocycles. The van der Waals surface area contributed by atoms with Crippen molar-refractivity contribution in [2.45, 2.75) is 45.6 Å². The van der Waals surface area contributed by atoms with Crippen LogP contribution in [0.15, 0.2) is 48.8 Å². The Bertz CT molecular complexity index is 943. The standard InChI is InChI=1S/C21H24N2O3/c1-14(24)12-16(17-13-22-18-9-6-5-8-15(17)18)19-10-7-11-23(19)20(25)26-21(2,3)4/h5-11,13,16,22H,12H2,1-4H3/t16-/m1/s1. The average Bonchev–Trinajstić information content (AvgIpc) is 3.18. The second-order valence-corrected chi connectivity index (χ2v) is 7.53. The van der Waals surface area contributed by atoms with E-state index in [2.05, 4.69) is 4.98 Å². The molecule has 26 heavy (non-hydrogen) atoms. The molecule has 0 radical (unpaired) electrons. The first kappa shape index (κ1) is 18.0. The van der Waals surface area contributed by atoms with Crippen molar-refractivity contribution in [3.05, 3.63) is 60.0 Å². The Balaban J connectivity index is 2.07. The van der Waals surface area contributed by atoms with Gasteiger partial charge in [0.25, 0.3) is 0 Å². The molecule has 3 rings (SSSR count). The second-order valence-electron chi connectivity index (χ2n) is 7.53. The number of H-pyrrole nitrogens is 1. The molecule has 0 saturated carbocycles. The van der Waals surface area contributed by atoms with E-state index in [1.54, 1.807) is 19.2 Å². The van der Waals surface area contributed by atoms with E-state index in [1.165, 1.54) is 4.57 Å². The van der Waals surface area contributed by atoms with Crippen LogP contribution in [0.1, 0.15) is 51.3 Å². The first-order chi connectivity index (χ1) is 12.3. The average molecular weight is 352 g/mol. The zero-order chi connectivity index (χ0) is 18.9. The van der Waals surface area contributed by atoms with Gasteiger partial charge < -0.3 is 9.72 Å². The van der Waals surface area contributed by atoms with Gasteiger partial charge in [0.15, 0.2) is 0 Å². The molecule has 0 amide bonds. The fourth-order valence-corrected chi connectivity index (χ4v) is 3.20. The number of ketones is 1. The Morgan fingerprint density at radius 2 is 1.88 bits per heavy atom. The topological polar surface area (TPSA) is 64.1 Å². The number of benzene rings is 1. The van der Waals surface area contributed by atoms with Crippen LogP contribution in [0.5, 0.6) is 0 Å². The van der Waals surface area contributed by atoms with Crippen molar-refractivity contribution in [1.82, 2.24) is 9.55 Å². The minimum absolute atomic E-state index is 0.0669. The number of nitrogens with one attached hydrogen (secondary N) is 1. The number of rotatable bonds is 4. The summed E-state index contributed by atoms with van der Waals surface area (Å²) in [4.78, 5) is 27.8. The number of fused-ring (bicyclic) bond motifs is 1. The van der Waals surface area contributed by atoms with Crippen LogP contribution < -0.4 is 0 Å². The molecule has 0 spiro atoms. The Hall–Kier alpha value is -2.82. The van der Waals surface area contributed by atoms with Gasteiger partial charge >= 0.3 is 6.09 Å². The minimum atomic E-state index is -0.588. The first-order valence-corrected chi connectivity index (χ1v) is 8.72. The number of hydrogen-bond acceptors (Lipinski definition) is 3. The van der Waals surface area contributed by atoms with Crippen molar-refractivity contribution in [3.8, 4) is 0 Å². The third-order valence-electron chi connectivity index (χ3n) is 4.22. The summed E-state index contributed by atoms with van der Waals surface area (Å²) in [7, 11) is 0. The molecular formula is C21H24N2O3. The molecule has 0 saturated heterocycles. The Morgan fingerprint density at radius 3 is 2.58 bits per heavy atom. The van der Waals surface area contributed by atoms with Crippen LogP contribution in [-0.4, -0.2) is 27.0 Å². The monoisotopic (exact) mass is 352 g/mol. The van der Waals surface area contributed by atoms with Crippen molar-refractivity contribution in [2.24, 2.45) is 0 Å². The molecule has 1 N–H and O–H groups in total. The van der Waals surface area contributed by atoms with Gasteiger partial charge in [0.05, 0.1) is 0 Å². The van der Waals surface area contributed by atoms with E-state index in [9.17, 15) is 9.59 Å². The number of aromatic amines is 1.